The molecule has 0 atom stereocenters. The van der Waals surface area contributed by atoms with Crippen molar-refractivity contribution in [2.24, 2.45) is 0 Å². The summed E-state index contributed by atoms with van der Waals surface area (Å²) in [6.45, 7) is 2.62. The SMILES string of the molecule is Cc1cnn(Cc2cc[nH]c(=O)c2)c1. The third-order valence-electron chi connectivity index (χ3n) is 1.95. The molecule has 0 fully saturated rings. The lowest BCUT2D eigenvalue weighted by Gasteiger charge is -1.99. The molecule has 0 aliphatic carbocycles. The number of aromatic nitrogens is 3. The topological polar surface area (TPSA) is 50.7 Å². The van der Waals surface area contributed by atoms with E-state index in [2.05, 4.69) is 10.1 Å². The van der Waals surface area contributed by atoms with Crippen molar-refractivity contribution in [2.75, 3.05) is 0 Å². The van der Waals surface area contributed by atoms with Gasteiger partial charge in [-0.05, 0) is 24.1 Å². The number of nitrogens with zero attached hydrogens (tertiary/aromatic N) is 2. The van der Waals surface area contributed by atoms with Crippen LogP contribution in [0.25, 0.3) is 0 Å². The Morgan fingerprint density at radius 1 is 1.57 bits per heavy atom. The van der Waals surface area contributed by atoms with E-state index in [1.165, 1.54) is 0 Å². The van der Waals surface area contributed by atoms with Gasteiger partial charge in [-0.15, -0.1) is 0 Å². The third-order valence-corrected chi connectivity index (χ3v) is 1.95. The molecular formula is C10H11N3O. The minimum Gasteiger partial charge on any atom is -0.329 e. The largest absolute Gasteiger partial charge is 0.329 e. The zero-order valence-corrected chi connectivity index (χ0v) is 7.90. The Hall–Kier alpha value is -1.84. The molecule has 0 radical (unpaired) electrons. The van der Waals surface area contributed by atoms with Crippen molar-refractivity contribution in [3.8, 4) is 0 Å². The van der Waals surface area contributed by atoms with Crippen LogP contribution in [0, 0.1) is 6.92 Å². The summed E-state index contributed by atoms with van der Waals surface area (Å²) in [5.41, 5.74) is 2.00. The quantitative estimate of drug-likeness (QED) is 0.764. The summed E-state index contributed by atoms with van der Waals surface area (Å²) in [4.78, 5) is 13.6. The van der Waals surface area contributed by atoms with Crippen molar-refractivity contribution in [1.82, 2.24) is 14.8 Å². The summed E-state index contributed by atoms with van der Waals surface area (Å²) in [5, 5.41) is 4.15. The first-order chi connectivity index (χ1) is 6.74. The summed E-state index contributed by atoms with van der Waals surface area (Å²) >= 11 is 0. The van der Waals surface area contributed by atoms with E-state index in [1.807, 2.05) is 23.9 Å². The summed E-state index contributed by atoms with van der Waals surface area (Å²) in [6.07, 6.45) is 5.39. The van der Waals surface area contributed by atoms with Gasteiger partial charge in [0.1, 0.15) is 0 Å². The molecule has 0 aliphatic rings. The number of aryl methyl sites for hydroxylation is 1. The van der Waals surface area contributed by atoms with Crippen LogP contribution in [0.2, 0.25) is 0 Å². The Morgan fingerprint density at radius 2 is 2.43 bits per heavy atom. The number of aromatic amines is 1. The summed E-state index contributed by atoms with van der Waals surface area (Å²) in [5.74, 6) is 0. The van der Waals surface area contributed by atoms with Crippen molar-refractivity contribution in [3.05, 3.63) is 52.2 Å². The number of nitrogens with one attached hydrogen (secondary N) is 1. The molecule has 4 heteroatoms. The molecule has 0 bridgehead atoms. The molecule has 0 saturated carbocycles. The van der Waals surface area contributed by atoms with Crippen LogP contribution in [-0.4, -0.2) is 14.8 Å². The molecule has 2 aromatic rings. The van der Waals surface area contributed by atoms with E-state index >= 15 is 0 Å². The van der Waals surface area contributed by atoms with E-state index in [9.17, 15) is 4.79 Å². The predicted octanol–water partition coefficient (Wildman–Crippen LogP) is 0.928. The summed E-state index contributed by atoms with van der Waals surface area (Å²) < 4.78 is 1.81. The van der Waals surface area contributed by atoms with Gasteiger partial charge in [-0.2, -0.15) is 5.10 Å². The minimum atomic E-state index is -0.0774. The second kappa shape index (κ2) is 3.49. The fourth-order valence-electron chi connectivity index (χ4n) is 1.33. The summed E-state index contributed by atoms with van der Waals surface area (Å²) in [6, 6.07) is 3.45. The fourth-order valence-corrected chi connectivity index (χ4v) is 1.33. The van der Waals surface area contributed by atoms with Gasteiger partial charge in [0.05, 0.1) is 12.7 Å². The second-order valence-electron chi connectivity index (χ2n) is 3.28. The first-order valence-electron chi connectivity index (χ1n) is 4.41. The van der Waals surface area contributed by atoms with Crippen molar-refractivity contribution >= 4 is 0 Å². The number of H-pyrrole nitrogens is 1. The molecule has 1 N–H and O–H groups in total. The number of hydrogen-bond acceptors (Lipinski definition) is 2. The van der Waals surface area contributed by atoms with Crippen molar-refractivity contribution in [2.45, 2.75) is 13.5 Å². The van der Waals surface area contributed by atoms with Crippen LogP contribution in [0.1, 0.15) is 11.1 Å². The standard InChI is InChI=1S/C10H11N3O/c1-8-5-12-13(6-8)7-9-2-3-11-10(14)4-9/h2-6H,7H2,1H3,(H,11,14). The molecule has 4 nitrogen and oxygen atoms in total. The van der Waals surface area contributed by atoms with E-state index in [0.717, 1.165) is 11.1 Å². The molecule has 2 rings (SSSR count). The van der Waals surface area contributed by atoms with Gasteiger partial charge in [-0.25, -0.2) is 0 Å². The van der Waals surface area contributed by atoms with Crippen molar-refractivity contribution in [3.63, 3.8) is 0 Å². The highest BCUT2D eigenvalue weighted by atomic mass is 16.1. The highest BCUT2D eigenvalue weighted by molar-refractivity contribution is 5.11. The van der Waals surface area contributed by atoms with Crippen molar-refractivity contribution in [1.29, 1.82) is 0 Å². The Balaban J connectivity index is 2.23. The van der Waals surface area contributed by atoms with Gasteiger partial charge in [-0.3, -0.25) is 9.48 Å². The predicted molar refractivity (Wildman–Crippen MR) is 53.1 cm³/mol. The van der Waals surface area contributed by atoms with Crippen LogP contribution >= 0.6 is 0 Å². The van der Waals surface area contributed by atoms with E-state index in [1.54, 1.807) is 18.5 Å². The van der Waals surface area contributed by atoms with E-state index in [4.69, 9.17) is 0 Å². The highest BCUT2D eigenvalue weighted by Gasteiger charge is 1.96. The Bertz CT molecular complexity index is 484. The maximum Gasteiger partial charge on any atom is 0.248 e. The molecule has 72 valence electrons. The zero-order chi connectivity index (χ0) is 9.97. The average molecular weight is 189 g/mol. The lowest BCUT2D eigenvalue weighted by molar-refractivity contribution is 0.685. The molecule has 0 amide bonds. The van der Waals surface area contributed by atoms with Gasteiger partial charge in [0.2, 0.25) is 5.56 Å². The maximum atomic E-state index is 11.0. The molecule has 0 unspecified atom stereocenters. The van der Waals surface area contributed by atoms with Gasteiger partial charge < -0.3 is 4.98 Å². The molecular weight excluding hydrogens is 178 g/mol. The number of pyridine rings is 1. The van der Waals surface area contributed by atoms with Crippen molar-refractivity contribution < 1.29 is 0 Å². The fraction of sp³-hybridized carbons (Fsp3) is 0.200. The molecule has 2 aromatic heterocycles. The number of rotatable bonds is 2. The molecule has 0 aromatic carbocycles. The molecule has 14 heavy (non-hydrogen) atoms. The number of hydrogen-bond donors (Lipinski definition) is 1. The van der Waals surface area contributed by atoms with Gasteiger partial charge >= 0.3 is 0 Å². The summed E-state index contributed by atoms with van der Waals surface area (Å²) in [7, 11) is 0. The molecule has 0 saturated heterocycles. The Labute approximate surface area is 81.2 Å². The minimum absolute atomic E-state index is 0.0774. The lowest BCUT2D eigenvalue weighted by Crippen LogP contribution is -2.07. The van der Waals surface area contributed by atoms with Crippen LogP contribution in [-0.2, 0) is 6.54 Å². The van der Waals surface area contributed by atoms with Crippen LogP contribution in [0.3, 0.4) is 0 Å². The van der Waals surface area contributed by atoms with Crippen LogP contribution in [0.4, 0.5) is 0 Å². The smallest absolute Gasteiger partial charge is 0.248 e. The van der Waals surface area contributed by atoms with Gasteiger partial charge in [0, 0.05) is 18.5 Å². The van der Waals surface area contributed by atoms with E-state index in [0.29, 0.717) is 6.54 Å². The first-order valence-corrected chi connectivity index (χ1v) is 4.41. The normalized spacial score (nSPS) is 10.4. The Morgan fingerprint density at radius 3 is 3.07 bits per heavy atom. The van der Waals surface area contributed by atoms with E-state index in [-0.39, 0.29) is 5.56 Å². The maximum absolute atomic E-state index is 11.0. The van der Waals surface area contributed by atoms with E-state index < -0.39 is 0 Å². The van der Waals surface area contributed by atoms with Gasteiger partial charge in [-0.1, -0.05) is 0 Å². The molecule has 0 aliphatic heterocycles. The van der Waals surface area contributed by atoms with Gasteiger partial charge in [0.25, 0.3) is 0 Å². The highest BCUT2D eigenvalue weighted by Crippen LogP contribution is 1.99. The Kier molecular flexibility index (Phi) is 2.18. The average Bonchev–Trinajstić information content (AvgIpc) is 2.51. The molecule has 0 spiro atoms. The molecule has 2 heterocycles. The lowest BCUT2D eigenvalue weighted by atomic mass is 10.3. The van der Waals surface area contributed by atoms with Crippen LogP contribution in [0.5, 0.6) is 0 Å². The second-order valence-corrected chi connectivity index (χ2v) is 3.28. The van der Waals surface area contributed by atoms with Gasteiger partial charge in [0.15, 0.2) is 0 Å². The monoisotopic (exact) mass is 189 g/mol. The zero-order valence-electron chi connectivity index (χ0n) is 7.90. The third kappa shape index (κ3) is 1.90. The van der Waals surface area contributed by atoms with Crippen LogP contribution in [0.15, 0.2) is 35.5 Å². The van der Waals surface area contributed by atoms with Crippen LogP contribution < -0.4 is 5.56 Å². The first kappa shape index (κ1) is 8.74.